The maximum Gasteiger partial charge on any atom is 0.320 e. The maximum atomic E-state index is 13.6. The summed E-state index contributed by atoms with van der Waals surface area (Å²) in [7, 11) is 0. The van der Waals surface area contributed by atoms with E-state index in [0.717, 1.165) is 4.57 Å². The number of hydrogen-bond acceptors (Lipinski definition) is 3. The van der Waals surface area contributed by atoms with E-state index in [-0.39, 0.29) is 11.6 Å². The van der Waals surface area contributed by atoms with Crippen LogP contribution in [0.3, 0.4) is 0 Å². The fourth-order valence-corrected chi connectivity index (χ4v) is 2.74. The first-order valence-electron chi connectivity index (χ1n) is 7.99. The van der Waals surface area contributed by atoms with Crippen LogP contribution in [-0.4, -0.2) is 22.6 Å². The van der Waals surface area contributed by atoms with Gasteiger partial charge in [0.1, 0.15) is 18.2 Å². The topological polar surface area (TPSA) is 39.1 Å². The molecule has 0 fully saturated rings. The molecular formula is C18H17F4N3O. The van der Waals surface area contributed by atoms with Crippen LogP contribution in [0, 0.1) is 0 Å². The summed E-state index contributed by atoms with van der Waals surface area (Å²) in [5.41, 5.74) is 1.21. The van der Waals surface area contributed by atoms with Crippen LogP contribution in [0.15, 0.2) is 48.5 Å². The molecule has 1 N–H and O–H groups in total. The molecule has 0 amide bonds. The Labute approximate surface area is 147 Å². The quantitative estimate of drug-likeness (QED) is 0.580. The van der Waals surface area contributed by atoms with Gasteiger partial charge in [-0.25, -0.2) is 13.8 Å². The number of nitrogens with zero attached hydrogens (tertiary/aromatic N) is 2. The molecule has 0 saturated carbocycles. The summed E-state index contributed by atoms with van der Waals surface area (Å²) in [5, 5.41) is 3.02. The van der Waals surface area contributed by atoms with E-state index in [1.165, 1.54) is 6.07 Å². The first-order chi connectivity index (χ1) is 12.5. The average molecular weight is 367 g/mol. The Kier molecular flexibility index (Phi) is 5.29. The summed E-state index contributed by atoms with van der Waals surface area (Å²) >= 11 is 0. The summed E-state index contributed by atoms with van der Waals surface area (Å²) < 4.78 is 57.9. The Morgan fingerprint density at radius 2 is 1.73 bits per heavy atom. The Balaban J connectivity index is 1.91. The number of imidazole rings is 1. The van der Waals surface area contributed by atoms with E-state index in [9.17, 15) is 17.6 Å². The van der Waals surface area contributed by atoms with Gasteiger partial charge in [-0.3, -0.25) is 4.57 Å². The molecule has 2 aromatic carbocycles. The van der Waals surface area contributed by atoms with Crippen LogP contribution in [-0.2, 0) is 0 Å². The fraction of sp³-hybridized carbons (Fsp3) is 0.278. The summed E-state index contributed by atoms with van der Waals surface area (Å²) in [5.74, 6) is 0.365. The van der Waals surface area contributed by atoms with Crippen molar-refractivity contribution in [1.29, 1.82) is 0 Å². The first kappa shape index (κ1) is 18.0. The largest absolute Gasteiger partial charge is 0.485 e. The lowest BCUT2D eigenvalue weighted by Gasteiger charge is -2.19. The van der Waals surface area contributed by atoms with Crippen LogP contribution in [0.2, 0.25) is 0 Å². The van der Waals surface area contributed by atoms with Crippen molar-refractivity contribution in [3.8, 4) is 5.75 Å². The molecule has 1 atom stereocenters. The van der Waals surface area contributed by atoms with Crippen LogP contribution in [0.1, 0.15) is 25.3 Å². The van der Waals surface area contributed by atoms with Crippen molar-refractivity contribution < 1.29 is 22.3 Å². The van der Waals surface area contributed by atoms with Crippen molar-refractivity contribution >= 4 is 16.7 Å². The monoisotopic (exact) mass is 367 g/mol. The normalized spacial score (nSPS) is 12.7. The van der Waals surface area contributed by atoms with Crippen molar-refractivity contribution in [1.82, 2.24) is 9.55 Å². The highest BCUT2D eigenvalue weighted by molar-refractivity contribution is 5.76. The highest BCUT2D eigenvalue weighted by atomic mass is 19.3. The number of benzene rings is 2. The second-order valence-electron chi connectivity index (χ2n) is 5.67. The van der Waals surface area contributed by atoms with Gasteiger partial charge in [0.25, 0.3) is 6.43 Å². The standard InChI is InChI=1S/C18H17F4N3O/c1-11(23-13-7-3-5-9-15(13)26-10-16(19)20)17-24-12-6-2-4-8-14(12)25(17)18(21)22/h2-9,11,16,18,23H,10H2,1H3. The smallest absolute Gasteiger partial charge is 0.320 e. The molecule has 1 unspecified atom stereocenters. The molecule has 0 bridgehead atoms. The van der Waals surface area contributed by atoms with Gasteiger partial charge in [-0.2, -0.15) is 8.78 Å². The van der Waals surface area contributed by atoms with Gasteiger partial charge in [-0.05, 0) is 31.2 Å². The Morgan fingerprint density at radius 1 is 1.04 bits per heavy atom. The molecule has 3 rings (SSSR count). The minimum atomic E-state index is -2.76. The SMILES string of the molecule is CC(Nc1ccccc1OCC(F)F)c1nc2ccccc2n1C(F)F. The van der Waals surface area contributed by atoms with Gasteiger partial charge in [-0.15, -0.1) is 0 Å². The maximum absolute atomic E-state index is 13.6. The number of fused-ring (bicyclic) bond motifs is 1. The zero-order valence-corrected chi connectivity index (χ0v) is 13.9. The molecule has 4 nitrogen and oxygen atoms in total. The molecule has 3 aromatic rings. The lowest BCUT2D eigenvalue weighted by atomic mass is 10.2. The van der Waals surface area contributed by atoms with E-state index in [4.69, 9.17) is 4.74 Å². The number of rotatable bonds is 7. The molecule has 138 valence electrons. The minimum Gasteiger partial charge on any atom is -0.485 e. The number of para-hydroxylation sites is 4. The molecule has 0 radical (unpaired) electrons. The Hall–Kier alpha value is -2.77. The second-order valence-corrected chi connectivity index (χ2v) is 5.67. The number of nitrogens with one attached hydrogen (secondary N) is 1. The molecule has 1 heterocycles. The van der Waals surface area contributed by atoms with Gasteiger partial charge in [-0.1, -0.05) is 24.3 Å². The van der Waals surface area contributed by atoms with Gasteiger partial charge in [0.2, 0.25) is 0 Å². The molecule has 0 aliphatic rings. The molecule has 0 spiro atoms. The second kappa shape index (κ2) is 7.63. The van der Waals surface area contributed by atoms with Gasteiger partial charge < -0.3 is 10.1 Å². The summed E-state index contributed by atoms with van der Waals surface area (Å²) in [6.07, 6.45) is -2.61. The van der Waals surface area contributed by atoms with Crippen LogP contribution in [0.25, 0.3) is 11.0 Å². The lowest BCUT2D eigenvalue weighted by Crippen LogP contribution is -2.15. The zero-order chi connectivity index (χ0) is 18.7. The number of aromatic nitrogens is 2. The van der Waals surface area contributed by atoms with E-state index in [0.29, 0.717) is 16.7 Å². The summed E-state index contributed by atoms with van der Waals surface area (Å²) in [6.45, 7) is -1.83. The third kappa shape index (κ3) is 3.74. The molecule has 8 heteroatoms. The van der Waals surface area contributed by atoms with Crippen molar-refractivity contribution in [2.45, 2.75) is 25.9 Å². The predicted molar refractivity (Wildman–Crippen MR) is 91.0 cm³/mol. The minimum absolute atomic E-state index is 0.143. The van der Waals surface area contributed by atoms with Gasteiger partial charge in [0, 0.05) is 0 Å². The van der Waals surface area contributed by atoms with Crippen molar-refractivity contribution in [3.63, 3.8) is 0 Å². The number of hydrogen-bond donors (Lipinski definition) is 1. The van der Waals surface area contributed by atoms with Gasteiger partial charge in [0.15, 0.2) is 0 Å². The van der Waals surface area contributed by atoms with Crippen LogP contribution < -0.4 is 10.1 Å². The van der Waals surface area contributed by atoms with Crippen LogP contribution >= 0.6 is 0 Å². The predicted octanol–water partition coefficient (Wildman–Crippen LogP) is 5.25. The molecule has 0 aliphatic heterocycles. The first-order valence-corrected chi connectivity index (χ1v) is 7.99. The zero-order valence-electron chi connectivity index (χ0n) is 13.9. The summed E-state index contributed by atoms with van der Waals surface area (Å²) in [6, 6.07) is 12.5. The number of ether oxygens (including phenoxy) is 1. The van der Waals surface area contributed by atoms with E-state index in [1.807, 2.05) is 0 Å². The molecule has 0 saturated heterocycles. The third-order valence-corrected chi connectivity index (χ3v) is 3.83. The van der Waals surface area contributed by atoms with Crippen molar-refractivity contribution in [2.24, 2.45) is 0 Å². The number of alkyl halides is 4. The van der Waals surface area contributed by atoms with E-state index in [1.54, 1.807) is 49.4 Å². The molecule has 26 heavy (non-hydrogen) atoms. The Morgan fingerprint density at radius 3 is 2.46 bits per heavy atom. The molecule has 1 aromatic heterocycles. The lowest BCUT2D eigenvalue weighted by molar-refractivity contribution is 0.0707. The highest BCUT2D eigenvalue weighted by Gasteiger charge is 2.22. The average Bonchev–Trinajstić information content (AvgIpc) is 3.00. The number of halogens is 4. The van der Waals surface area contributed by atoms with Crippen molar-refractivity contribution in [3.05, 3.63) is 54.4 Å². The molecule has 0 aliphatic carbocycles. The van der Waals surface area contributed by atoms with E-state index in [2.05, 4.69) is 10.3 Å². The summed E-state index contributed by atoms with van der Waals surface area (Å²) in [4.78, 5) is 4.29. The Bertz CT molecular complexity index is 882. The van der Waals surface area contributed by atoms with Crippen molar-refractivity contribution in [2.75, 3.05) is 11.9 Å². The number of anilines is 1. The van der Waals surface area contributed by atoms with Crippen LogP contribution in [0.4, 0.5) is 23.2 Å². The van der Waals surface area contributed by atoms with Gasteiger partial charge >= 0.3 is 6.55 Å². The van der Waals surface area contributed by atoms with Gasteiger partial charge in [0.05, 0.1) is 22.8 Å². The highest BCUT2D eigenvalue weighted by Crippen LogP contribution is 2.31. The van der Waals surface area contributed by atoms with Crippen LogP contribution in [0.5, 0.6) is 5.75 Å². The molecular weight excluding hydrogens is 350 g/mol. The fourth-order valence-electron chi connectivity index (χ4n) is 2.74. The third-order valence-electron chi connectivity index (χ3n) is 3.83. The van der Waals surface area contributed by atoms with E-state index >= 15 is 0 Å². The van der Waals surface area contributed by atoms with E-state index < -0.39 is 25.6 Å².